The van der Waals surface area contributed by atoms with Crippen LogP contribution in [0.3, 0.4) is 0 Å². The molecule has 0 bridgehead atoms. The molecule has 1 fully saturated rings. The Bertz CT molecular complexity index is 374. The maximum absolute atomic E-state index is 11.6. The predicted molar refractivity (Wildman–Crippen MR) is 61.0 cm³/mol. The number of amides is 1. The van der Waals surface area contributed by atoms with Gasteiger partial charge in [0.15, 0.2) is 0 Å². The molecule has 5 heteroatoms. The van der Waals surface area contributed by atoms with Crippen molar-refractivity contribution in [1.29, 1.82) is 0 Å². The van der Waals surface area contributed by atoms with E-state index in [1.807, 2.05) is 24.1 Å². The quantitative estimate of drug-likeness (QED) is 0.740. The summed E-state index contributed by atoms with van der Waals surface area (Å²) in [4.78, 5) is 11.6. The van der Waals surface area contributed by atoms with Crippen LogP contribution < -0.4 is 10.6 Å². The molecule has 16 heavy (non-hydrogen) atoms. The lowest BCUT2D eigenvalue weighted by atomic mass is 9.88. The highest BCUT2D eigenvalue weighted by molar-refractivity contribution is 5.81. The van der Waals surface area contributed by atoms with Crippen molar-refractivity contribution in [1.82, 2.24) is 20.4 Å². The van der Waals surface area contributed by atoms with Crippen LogP contribution in [-0.4, -0.2) is 35.3 Å². The number of rotatable bonds is 2. The topological polar surface area (TPSA) is 59.0 Å². The van der Waals surface area contributed by atoms with Gasteiger partial charge in [-0.25, -0.2) is 0 Å². The van der Waals surface area contributed by atoms with Crippen LogP contribution in [0.1, 0.15) is 24.3 Å². The fourth-order valence-corrected chi connectivity index (χ4v) is 2.25. The Hall–Kier alpha value is -1.36. The van der Waals surface area contributed by atoms with Crippen LogP contribution in [0, 0.1) is 0 Å². The van der Waals surface area contributed by atoms with Gasteiger partial charge in [-0.15, -0.1) is 0 Å². The number of aromatic nitrogens is 2. The Balaban J connectivity index is 2.04. The molecule has 88 valence electrons. The van der Waals surface area contributed by atoms with E-state index in [9.17, 15) is 4.79 Å². The summed E-state index contributed by atoms with van der Waals surface area (Å²) < 4.78 is 1.81. The summed E-state index contributed by atoms with van der Waals surface area (Å²) in [7, 11) is 3.60. The van der Waals surface area contributed by atoms with Crippen molar-refractivity contribution in [3.05, 3.63) is 18.0 Å². The van der Waals surface area contributed by atoms with Crippen molar-refractivity contribution < 1.29 is 4.79 Å². The first-order valence-corrected chi connectivity index (χ1v) is 5.64. The van der Waals surface area contributed by atoms with E-state index in [2.05, 4.69) is 15.7 Å². The molecule has 1 amide bonds. The molecule has 2 rings (SSSR count). The number of carbonyl (C=O) groups excluding carboxylic acids is 1. The van der Waals surface area contributed by atoms with Gasteiger partial charge in [0.25, 0.3) is 0 Å². The van der Waals surface area contributed by atoms with Crippen LogP contribution in [0.2, 0.25) is 0 Å². The van der Waals surface area contributed by atoms with E-state index in [0.29, 0.717) is 5.92 Å². The fraction of sp³-hybridized carbons (Fsp3) is 0.636. The lowest BCUT2D eigenvalue weighted by molar-refractivity contribution is -0.123. The van der Waals surface area contributed by atoms with Gasteiger partial charge in [0.1, 0.15) is 0 Å². The third kappa shape index (κ3) is 2.24. The standard InChI is InChI=1S/C11H18N4O/c1-12-11(16)10-5-8(3-4-13-10)9-6-14-15(2)7-9/h6-8,10,13H,3-5H2,1-2H3,(H,12,16). The van der Waals surface area contributed by atoms with E-state index >= 15 is 0 Å². The summed E-state index contributed by atoms with van der Waals surface area (Å²) in [6.07, 6.45) is 5.86. The SMILES string of the molecule is CNC(=O)C1CC(c2cnn(C)c2)CCN1. The van der Waals surface area contributed by atoms with E-state index in [1.54, 1.807) is 7.05 Å². The molecule has 0 radical (unpaired) electrons. The molecule has 1 aliphatic heterocycles. The molecule has 2 N–H and O–H groups in total. The molecule has 2 atom stereocenters. The first-order valence-electron chi connectivity index (χ1n) is 5.64. The van der Waals surface area contributed by atoms with Crippen LogP contribution >= 0.6 is 0 Å². The number of likely N-dealkylation sites (N-methyl/N-ethyl adjacent to an activating group) is 1. The Morgan fingerprint density at radius 1 is 1.69 bits per heavy atom. The summed E-state index contributed by atoms with van der Waals surface area (Å²) in [5.74, 6) is 0.519. The largest absolute Gasteiger partial charge is 0.358 e. The van der Waals surface area contributed by atoms with Gasteiger partial charge in [-0.2, -0.15) is 5.10 Å². The van der Waals surface area contributed by atoms with Crippen molar-refractivity contribution in [2.75, 3.05) is 13.6 Å². The van der Waals surface area contributed by atoms with E-state index in [-0.39, 0.29) is 11.9 Å². The second-order valence-corrected chi connectivity index (χ2v) is 4.29. The van der Waals surface area contributed by atoms with Crippen molar-refractivity contribution in [3.8, 4) is 0 Å². The van der Waals surface area contributed by atoms with Gasteiger partial charge >= 0.3 is 0 Å². The smallest absolute Gasteiger partial charge is 0.236 e. The van der Waals surface area contributed by atoms with Crippen molar-refractivity contribution in [2.45, 2.75) is 24.8 Å². The second-order valence-electron chi connectivity index (χ2n) is 4.29. The number of piperidine rings is 1. The normalized spacial score (nSPS) is 25.4. The minimum Gasteiger partial charge on any atom is -0.358 e. The summed E-state index contributed by atoms with van der Waals surface area (Å²) in [5.41, 5.74) is 1.23. The maximum Gasteiger partial charge on any atom is 0.236 e. The molecule has 5 nitrogen and oxygen atoms in total. The molecule has 0 aliphatic carbocycles. The number of hydrogen-bond acceptors (Lipinski definition) is 3. The monoisotopic (exact) mass is 222 g/mol. The second kappa shape index (κ2) is 4.65. The van der Waals surface area contributed by atoms with Crippen LogP contribution in [0.5, 0.6) is 0 Å². The van der Waals surface area contributed by atoms with Gasteiger partial charge in [-0.05, 0) is 30.9 Å². The van der Waals surface area contributed by atoms with E-state index < -0.39 is 0 Å². The molecular formula is C11H18N4O. The minimum absolute atomic E-state index is 0.0658. The van der Waals surface area contributed by atoms with Crippen molar-refractivity contribution in [2.24, 2.45) is 7.05 Å². The van der Waals surface area contributed by atoms with Gasteiger partial charge < -0.3 is 10.6 Å². The summed E-state index contributed by atoms with van der Waals surface area (Å²) >= 11 is 0. The zero-order valence-corrected chi connectivity index (χ0v) is 9.73. The number of hydrogen-bond donors (Lipinski definition) is 2. The maximum atomic E-state index is 11.6. The predicted octanol–water partition coefficient (Wildman–Crippen LogP) is 0.00170. The van der Waals surface area contributed by atoms with Gasteiger partial charge in [0, 0.05) is 20.3 Å². The average molecular weight is 222 g/mol. The highest BCUT2D eigenvalue weighted by Crippen LogP contribution is 2.27. The number of carbonyl (C=O) groups is 1. The third-order valence-corrected chi connectivity index (χ3v) is 3.16. The van der Waals surface area contributed by atoms with Crippen LogP contribution in [0.4, 0.5) is 0 Å². The lowest BCUT2D eigenvalue weighted by Gasteiger charge is -2.28. The first kappa shape index (κ1) is 11.1. The Labute approximate surface area is 95.2 Å². The summed E-state index contributed by atoms with van der Waals surface area (Å²) in [5, 5.41) is 10.1. The summed E-state index contributed by atoms with van der Waals surface area (Å²) in [6.45, 7) is 0.887. The van der Waals surface area contributed by atoms with Gasteiger partial charge in [0.05, 0.1) is 12.2 Å². The highest BCUT2D eigenvalue weighted by Gasteiger charge is 2.27. The third-order valence-electron chi connectivity index (χ3n) is 3.16. The summed E-state index contributed by atoms with van der Waals surface area (Å²) in [6, 6.07) is -0.0658. The zero-order chi connectivity index (χ0) is 11.5. The number of aryl methyl sites for hydroxylation is 1. The van der Waals surface area contributed by atoms with E-state index in [1.165, 1.54) is 5.56 Å². The van der Waals surface area contributed by atoms with Crippen LogP contribution in [0.25, 0.3) is 0 Å². The number of nitrogens with zero attached hydrogens (tertiary/aromatic N) is 2. The molecular weight excluding hydrogens is 204 g/mol. The van der Waals surface area contributed by atoms with Crippen LogP contribution in [0.15, 0.2) is 12.4 Å². The molecule has 0 spiro atoms. The van der Waals surface area contributed by atoms with Gasteiger partial charge in [-0.3, -0.25) is 9.48 Å². The van der Waals surface area contributed by atoms with E-state index in [0.717, 1.165) is 19.4 Å². The molecule has 1 aromatic heterocycles. The van der Waals surface area contributed by atoms with E-state index in [4.69, 9.17) is 0 Å². The Morgan fingerprint density at radius 3 is 3.12 bits per heavy atom. The Morgan fingerprint density at radius 2 is 2.50 bits per heavy atom. The first-order chi connectivity index (χ1) is 7.70. The molecule has 1 aliphatic rings. The molecule has 1 aromatic rings. The van der Waals surface area contributed by atoms with Crippen LogP contribution in [-0.2, 0) is 11.8 Å². The average Bonchev–Trinajstić information content (AvgIpc) is 2.75. The minimum atomic E-state index is -0.0658. The zero-order valence-electron chi connectivity index (χ0n) is 9.73. The lowest BCUT2D eigenvalue weighted by Crippen LogP contribution is -2.47. The van der Waals surface area contributed by atoms with Crippen molar-refractivity contribution >= 4 is 5.91 Å². The molecule has 1 saturated heterocycles. The van der Waals surface area contributed by atoms with Gasteiger partial charge in [-0.1, -0.05) is 0 Å². The van der Waals surface area contributed by atoms with Gasteiger partial charge in [0.2, 0.25) is 5.91 Å². The Kier molecular flexibility index (Phi) is 3.24. The van der Waals surface area contributed by atoms with Crippen molar-refractivity contribution in [3.63, 3.8) is 0 Å². The molecule has 0 saturated carbocycles. The highest BCUT2D eigenvalue weighted by atomic mass is 16.2. The molecule has 0 aromatic carbocycles. The number of nitrogens with one attached hydrogen (secondary N) is 2. The molecule has 2 heterocycles. The fourth-order valence-electron chi connectivity index (χ4n) is 2.25. The molecule has 2 unspecified atom stereocenters.